The molecule has 0 saturated heterocycles. The van der Waals surface area contributed by atoms with Crippen LogP contribution in [-0.2, 0) is 9.59 Å². The highest BCUT2D eigenvalue weighted by Gasteiger charge is 2.24. The normalized spacial score (nSPS) is 12.0. The fourth-order valence-electron chi connectivity index (χ4n) is 1.94. The van der Waals surface area contributed by atoms with Gasteiger partial charge in [0.2, 0.25) is 5.91 Å². The van der Waals surface area contributed by atoms with Gasteiger partial charge in [0.05, 0.1) is 5.75 Å². The Kier molecular flexibility index (Phi) is 6.74. The monoisotopic (exact) mass is 373 g/mol. The number of likely N-dealkylation sites (N-methyl/N-ethyl adjacent to an activating group) is 1. The van der Waals surface area contributed by atoms with E-state index in [0.717, 1.165) is 20.5 Å². The molecule has 6 heteroatoms. The molecule has 1 rings (SSSR count). The molecule has 116 valence electrons. The van der Waals surface area contributed by atoms with E-state index in [0.29, 0.717) is 6.42 Å². The van der Waals surface area contributed by atoms with Crippen molar-refractivity contribution in [1.82, 2.24) is 4.90 Å². The van der Waals surface area contributed by atoms with E-state index in [1.165, 1.54) is 16.7 Å². The Labute approximate surface area is 138 Å². The summed E-state index contributed by atoms with van der Waals surface area (Å²) in [6.45, 7) is 5.75. The summed E-state index contributed by atoms with van der Waals surface area (Å²) in [6, 6.07) is 3.30. The Balaban J connectivity index is 2.73. The zero-order chi connectivity index (χ0) is 16.2. The van der Waals surface area contributed by atoms with Gasteiger partial charge in [0.25, 0.3) is 0 Å². The summed E-state index contributed by atoms with van der Waals surface area (Å²) in [4.78, 5) is 25.6. The van der Waals surface area contributed by atoms with Gasteiger partial charge in [0, 0.05) is 16.4 Å². The van der Waals surface area contributed by atoms with Crippen LogP contribution in [0.2, 0.25) is 0 Å². The first-order valence-electron chi connectivity index (χ1n) is 6.65. The molecule has 1 aromatic rings. The average Bonchev–Trinajstić information content (AvgIpc) is 2.41. The summed E-state index contributed by atoms with van der Waals surface area (Å²) in [5, 5.41) is 9.08. The van der Waals surface area contributed by atoms with Gasteiger partial charge in [0.1, 0.15) is 6.04 Å². The molecule has 0 saturated carbocycles. The number of carboxylic acids is 1. The van der Waals surface area contributed by atoms with Crippen molar-refractivity contribution in [2.24, 2.45) is 0 Å². The molecule has 4 nitrogen and oxygen atoms in total. The molecular formula is C15H20BrNO3S. The lowest BCUT2D eigenvalue weighted by Gasteiger charge is -2.23. The molecule has 0 heterocycles. The van der Waals surface area contributed by atoms with Gasteiger partial charge in [-0.05, 0) is 43.5 Å². The quantitative estimate of drug-likeness (QED) is 0.775. The molecule has 0 aliphatic carbocycles. The summed E-state index contributed by atoms with van der Waals surface area (Å²) >= 11 is 4.92. The maximum absolute atomic E-state index is 12.1. The van der Waals surface area contributed by atoms with Gasteiger partial charge >= 0.3 is 5.97 Å². The van der Waals surface area contributed by atoms with Crippen LogP contribution in [0.1, 0.15) is 24.5 Å². The molecule has 0 aliphatic heterocycles. The second-order valence-corrected chi connectivity index (χ2v) is 6.79. The van der Waals surface area contributed by atoms with Crippen molar-refractivity contribution in [3.05, 3.63) is 27.7 Å². The highest BCUT2D eigenvalue weighted by molar-refractivity contribution is 9.10. The minimum Gasteiger partial charge on any atom is -0.480 e. The standard InChI is InChI=1S/C15H20BrNO3S/c1-5-12(15(19)20)17(4)14(18)8-21-13-7-9(2)11(16)6-10(13)3/h6-7,12H,5,8H2,1-4H3,(H,19,20). The highest BCUT2D eigenvalue weighted by Crippen LogP contribution is 2.28. The molecule has 1 unspecified atom stereocenters. The average molecular weight is 374 g/mol. The minimum atomic E-state index is -0.964. The molecule has 1 amide bonds. The summed E-state index contributed by atoms with van der Waals surface area (Å²) in [5.74, 6) is -0.898. The molecule has 0 bridgehead atoms. The smallest absolute Gasteiger partial charge is 0.326 e. The van der Waals surface area contributed by atoms with Crippen LogP contribution in [0.3, 0.4) is 0 Å². The number of nitrogens with zero attached hydrogens (tertiary/aromatic N) is 1. The number of rotatable bonds is 6. The van der Waals surface area contributed by atoms with E-state index in [-0.39, 0.29) is 11.7 Å². The summed E-state index contributed by atoms with van der Waals surface area (Å²) in [7, 11) is 1.55. The van der Waals surface area contributed by atoms with Crippen LogP contribution in [0.15, 0.2) is 21.5 Å². The number of aliphatic carboxylic acids is 1. The number of halogens is 1. The first-order valence-corrected chi connectivity index (χ1v) is 8.43. The molecule has 1 aromatic carbocycles. The topological polar surface area (TPSA) is 57.6 Å². The van der Waals surface area contributed by atoms with Gasteiger partial charge in [-0.3, -0.25) is 4.79 Å². The molecular weight excluding hydrogens is 354 g/mol. The number of amides is 1. The maximum Gasteiger partial charge on any atom is 0.326 e. The largest absolute Gasteiger partial charge is 0.480 e. The van der Waals surface area contributed by atoms with Gasteiger partial charge in [-0.15, -0.1) is 11.8 Å². The number of carbonyl (C=O) groups excluding carboxylic acids is 1. The summed E-state index contributed by atoms with van der Waals surface area (Å²) in [5.41, 5.74) is 2.21. The lowest BCUT2D eigenvalue weighted by atomic mass is 10.2. The summed E-state index contributed by atoms with van der Waals surface area (Å²) < 4.78 is 1.05. The zero-order valence-electron chi connectivity index (χ0n) is 12.6. The molecule has 0 aromatic heterocycles. The Morgan fingerprint density at radius 1 is 1.33 bits per heavy atom. The van der Waals surface area contributed by atoms with Crippen LogP contribution in [0.5, 0.6) is 0 Å². The molecule has 0 fully saturated rings. The molecule has 21 heavy (non-hydrogen) atoms. The first kappa shape index (κ1) is 18.0. The van der Waals surface area contributed by atoms with Crippen molar-refractivity contribution >= 4 is 39.6 Å². The fourth-order valence-corrected chi connectivity index (χ4v) is 3.43. The predicted octanol–water partition coefficient (Wildman–Crippen LogP) is 3.48. The Morgan fingerprint density at radius 3 is 2.48 bits per heavy atom. The van der Waals surface area contributed by atoms with Gasteiger partial charge in [-0.1, -0.05) is 22.9 Å². The van der Waals surface area contributed by atoms with Crippen molar-refractivity contribution in [3.63, 3.8) is 0 Å². The number of aryl methyl sites for hydroxylation is 2. The third-order valence-corrected chi connectivity index (χ3v) is 5.34. The fraction of sp³-hybridized carbons (Fsp3) is 0.467. The van der Waals surface area contributed by atoms with E-state index in [1.807, 2.05) is 26.0 Å². The molecule has 1 atom stereocenters. The van der Waals surface area contributed by atoms with Crippen LogP contribution in [0.25, 0.3) is 0 Å². The number of hydrogen-bond donors (Lipinski definition) is 1. The van der Waals surface area contributed by atoms with Gasteiger partial charge in [-0.2, -0.15) is 0 Å². The molecule has 0 radical (unpaired) electrons. The third-order valence-electron chi connectivity index (χ3n) is 3.34. The maximum atomic E-state index is 12.1. The number of benzene rings is 1. The number of thioether (sulfide) groups is 1. The van der Waals surface area contributed by atoms with Gasteiger partial charge < -0.3 is 10.0 Å². The van der Waals surface area contributed by atoms with Crippen LogP contribution in [-0.4, -0.2) is 40.7 Å². The van der Waals surface area contributed by atoms with Crippen LogP contribution in [0, 0.1) is 13.8 Å². The van der Waals surface area contributed by atoms with E-state index >= 15 is 0 Å². The van der Waals surface area contributed by atoms with Crippen molar-refractivity contribution in [1.29, 1.82) is 0 Å². The van der Waals surface area contributed by atoms with Crippen LogP contribution in [0.4, 0.5) is 0 Å². The van der Waals surface area contributed by atoms with Crippen molar-refractivity contribution in [2.75, 3.05) is 12.8 Å². The van der Waals surface area contributed by atoms with E-state index in [9.17, 15) is 9.59 Å². The second kappa shape index (κ2) is 7.84. The number of hydrogen-bond acceptors (Lipinski definition) is 3. The number of carboxylic acid groups (broad SMARTS) is 1. The lowest BCUT2D eigenvalue weighted by Crippen LogP contribution is -2.42. The zero-order valence-corrected chi connectivity index (χ0v) is 15.0. The molecule has 1 N–H and O–H groups in total. The SMILES string of the molecule is CCC(C(=O)O)N(C)C(=O)CSc1cc(C)c(Br)cc1C. The van der Waals surface area contributed by atoms with Gasteiger partial charge in [-0.25, -0.2) is 4.79 Å². The van der Waals surface area contributed by atoms with Crippen molar-refractivity contribution in [2.45, 2.75) is 38.1 Å². The van der Waals surface area contributed by atoms with Crippen LogP contribution < -0.4 is 0 Å². The Morgan fingerprint density at radius 2 is 1.95 bits per heavy atom. The highest BCUT2D eigenvalue weighted by atomic mass is 79.9. The van der Waals surface area contributed by atoms with E-state index in [4.69, 9.17) is 5.11 Å². The molecule has 0 aliphatic rings. The first-order chi connectivity index (χ1) is 9.77. The van der Waals surface area contributed by atoms with Crippen LogP contribution >= 0.6 is 27.7 Å². The van der Waals surface area contributed by atoms with Gasteiger partial charge in [0.15, 0.2) is 0 Å². The van der Waals surface area contributed by atoms with E-state index in [1.54, 1.807) is 14.0 Å². The summed E-state index contributed by atoms with van der Waals surface area (Å²) in [6.07, 6.45) is 0.401. The Hall–Kier alpha value is -1.01. The Bertz CT molecular complexity index is 548. The van der Waals surface area contributed by atoms with E-state index in [2.05, 4.69) is 15.9 Å². The number of carbonyl (C=O) groups is 2. The lowest BCUT2D eigenvalue weighted by molar-refractivity contribution is -0.148. The third kappa shape index (κ3) is 4.74. The van der Waals surface area contributed by atoms with Crippen molar-refractivity contribution < 1.29 is 14.7 Å². The second-order valence-electron chi connectivity index (χ2n) is 4.92. The van der Waals surface area contributed by atoms with E-state index < -0.39 is 12.0 Å². The predicted molar refractivity (Wildman–Crippen MR) is 88.8 cm³/mol. The van der Waals surface area contributed by atoms with Crippen molar-refractivity contribution in [3.8, 4) is 0 Å². The molecule has 0 spiro atoms. The minimum absolute atomic E-state index is 0.172.